The normalized spacial score (nSPS) is 11.4. The molecular weight excluding hydrogens is 505 g/mol. The van der Waals surface area contributed by atoms with E-state index in [1.54, 1.807) is 18.2 Å². The van der Waals surface area contributed by atoms with Gasteiger partial charge in [0.25, 0.3) is 0 Å². The molecule has 1 heterocycles. The van der Waals surface area contributed by atoms with Gasteiger partial charge >= 0.3 is 11.4 Å². The highest BCUT2D eigenvalue weighted by atomic mass is 35.5. The predicted molar refractivity (Wildman–Crippen MR) is 144 cm³/mol. The molecule has 12 heteroatoms. The number of aliphatic imine (C=N–C) groups is 1. The Labute approximate surface area is 218 Å². The van der Waals surface area contributed by atoms with Crippen LogP contribution in [0.5, 0.6) is 5.75 Å². The predicted octanol–water partition coefficient (Wildman–Crippen LogP) is 2.54. The molecule has 3 rings (SSSR count). The average molecular weight is 534 g/mol. The Morgan fingerprint density at radius 3 is 2.33 bits per heavy atom. The zero-order valence-electron chi connectivity index (χ0n) is 20.1. The van der Waals surface area contributed by atoms with Crippen molar-refractivity contribution in [2.75, 3.05) is 31.6 Å². The quantitative estimate of drug-likeness (QED) is 0.196. The summed E-state index contributed by atoms with van der Waals surface area (Å²) in [6, 6.07) is 12.2. The number of ether oxygens (including phenoxy) is 1. The van der Waals surface area contributed by atoms with Gasteiger partial charge in [0.15, 0.2) is 5.96 Å². The maximum atomic E-state index is 13.5. The Morgan fingerprint density at radius 1 is 1.03 bits per heavy atom. The number of guanidine groups is 1. The summed E-state index contributed by atoms with van der Waals surface area (Å²) in [5.74, 6) is 1.18. The number of hydrogen-bond donors (Lipinski definition) is 3. The summed E-state index contributed by atoms with van der Waals surface area (Å²) in [4.78, 5) is 34.7. The highest BCUT2D eigenvalue weighted by Crippen LogP contribution is 2.19. The van der Waals surface area contributed by atoms with E-state index in [9.17, 15) is 9.59 Å². The van der Waals surface area contributed by atoms with Crippen LogP contribution in [0.2, 0.25) is 10.0 Å². The van der Waals surface area contributed by atoms with Crippen molar-refractivity contribution in [1.29, 1.82) is 0 Å². The van der Waals surface area contributed by atoms with E-state index in [0.29, 0.717) is 47.8 Å². The summed E-state index contributed by atoms with van der Waals surface area (Å²) in [5, 5.41) is 6.75. The van der Waals surface area contributed by atoms with Crippen LogP contribution in [0.4, 0.5) is 5.95 Å². The average Bonchev–Trinajstić information content (AvgIpc) is 2.82. The minimum atomic E-state index is -0.697. The fourth-order valence-electron chi connectivity index (χ4n) is 3.45. The molecule has 0 saturated heterocycles. The van der Waals surface area contributed by atoms with Gasteiger partial charge in [-0.2, -0.15) is 4.98 Å². The van der Waals surface area contributed by atoms with Crippen molar-refractivity contribution in [3.8, 4) is 5.75 Å². The molecule has 0 amide bonds. The zero-order valence-corrected chi connectivity index (χ0v) is 21.6. The Hall–Kier alpha value is -3.50. The minimum absolute atomic E-state index is 0.0297. The number of anilines is 1. The van der Waals surface area contributed by atoms with E-state index in [1.165, 1.54) is 4.57 Å². The largest absolute Gasteiger partial charge is 0.494 e. The van der Waals surface area contributed by atoms with Gasteiger partial charge in [-0.25, -0.2) is 14.2 Å². The molecule has 3 aromatic rings. The van der Waals surface area contributed by atoms with Crippen molar-refractivity contribution < 1.29 is 4.74 Å². The molecule has 0 spiro atoms. The van der Waals surface area contributed by atoms with Crippen molar-refractivity contribution in [2.24, 2.45) is 10.7 Å². The lowest BCUT2D eigenvalue weighted by molar-refractivity contribution is 0.340. The van der Waals surface area contributed by atoms with Gasteiger partial charge in [0.2, 0.25) is 5.95 Å². The van der Waals surface area contributed by atoms with E-state index in [-0.39, 0.29) is 19.0 Å². The fraction of sp³-hybridized carbons (Fsp3) is 0.333. The first kappa shape index (κ1) is 27.1. The molecule has 0 unspecified atom stereocenters. The number of nitrogens with two attached hydrogens (primary N) is 1. The zero-order chi connectivity index (χ0) is 26.1. The molecule has 4 N–H and O–H groups in total. The van der Waals surface area contributed by atoms with E-state index in [2.05, 4.69) is 20.6 Å². The monoisotopic (exact) mass is 533 g/mol. The highest BCUT2D eigenvalue weighted by molar-refractivity contribution is 6.34. The molecule has 0 bridgehead atoms. The van der Waals surface area contributed by atoms with E-state index in [4.69, 9.17) is 33.7 Å². The minimum Gasteiger partial charge on any atom is -0.494 e. The van der Waals surface area contributed by atoms with Crippen molar-refractivity contribution in [2.45, 2.75) is 26.9 Å². The van der Waals surface area contributed by atoms with Crippen LogP contribution in [0, 0.1) is 0 Å². The molecule has 10 nitrogen and oxygen atoms in total. The maximum Gasteiger partial charge on any atom is 0.355 e. The Bertz CT molecular complexity index is 1300. The lowest BCUT2D eigenvalue weighted by Gasteiger charge is -2.16. The summed E-state index contributed by atoms with van der Waals surface area (Å²) in [5.41, 5.74) is 5.96. The molecule has 0 aliphatic carbocycles. The van der Waals surface area contributed by atoms with Crippen molar-refractivity contribution in [1.82, 2.24) is 19.4 Å². The number of benzene rings is 2. The Morgan fingerprint density at radius 2 is 1.69 bits per heavy atom. The molecule has 1 aromatic heterocycles. The van der Waals surface area contributed by atoms with Crippen molar-refractivity contribution in [3.05, 3.63) is 84.6 Å². The second-order valence-corrected chi connectivity index (χ2v) is 8.62. The Kier molecular flexibility index (Phi) is 9.77. The summed E-state index contributed by atoms with van der Waals surface area (Å²) in [6.07, 6.45) is 0. The number of nitrogens with zero attached hydrogens (tertiary/aromatic N) is 4. The number of nitrogens with one attached hydrogen (secondary N) is 2. The van der Waals surface area contributed by atoms with Gasteiger partial charge in [0.1, 0.15) is 5.75 Å². The van der Waals surface area contributed by atoms with Gasteiger partial charge in [-0.15, -0.1) is 0 Å². The van der Waals surface area contributed by atoms with Gasteiger partial charge < -0.3 is 21.1 Å². The number of halogens is 2. The van der Waals surface area contributed by atoms with Crippen LogP contribution in [0.15, 0.2) is 57.0 Å². The van der Waals surface area contributed by atoms with Crippen LogP contribution in [0.3, 0.4) is 0 Å². The van der Waals surface area contributed by atoms with Crippen molar-refractivity contribution >= 4 is 35.1 Å². The van der Waals surface area contributed by atoms with E-state index in [0.717, 1.165) is 15.9 Å². The van der Waals surface area contributed by atoms with Crippen LogP contribution < -0.4 is 32.5 Å². The third-order valence-corrected chi connectivity index (χ3v) is 5.46. The summed E-state index contributed by atoms with van der Waals surface area (Å²) >= 11 is 12.2. The first-order valence-corrected chi connectivity index (χ1v) is 12.2. The van der Waals surface area contributed by atoms with E-state index < -0.39 is 11.4 Å². The molecule has 0 radical (unpaired) electrons. The van der Waals surface area contributed by atoms with Gasteiger partial charge in [-0.05, 0) is 55.3 Å². The fourth-order valence-corrected chi connectivity index (χ4v) is 4.02. The first-order valence-electron chi connectivity index (χ1n) is 11.5. The molecule has 0 aliphatic rings. The SMILES string of the molecule is CCNC(N)=NCCNc1nc(=O)n(Cc2cc(Cl)cc(Cl)c2)c(=O)n1Cc1ccc(OCC)cc1. The van der Waals surface area contributed by atoms with Crippen LogP contribution in [-0.4, -0.2) is 46.3 Å². The highest BCUT2D eigenvalue weighted by Gasteiger charge is 2.15. The van der Waals surface area contributed by atoms with Crippen molar-refractivity contribution in [3.63, 3.8) is 0 Å². The topological polar surface area (TPSA) is 129 Å². The molecule has 2 aromatic carbocycles. The summed E-state index contributed by atoms with van der Waals surface area (Å²) in [6.45, 7) is 5.81. The Balaban J connectivity index is 1.94. The van der Waals surface area contributed by atoms with Crippen LogP contribution in [0.25, 0.3) is 0 Å². The molecule has 0 aliphatic heterocycles. The number of hydrogen-bond acceptors (Lipinski definition) is 6. The lowest BCUT2D eigenvalue weighted by atomic mass is 10.2. The molecular formula is C24H29Cl2N7O3. The standard InChI is InChI=1S/C24H29Cl2N7O3/c1-3-28-21(27)29-9-10-30-22-31-23(34)33(15-17-11-18(25)13-19(26)12-17)24(35)32(22)14-16-5-7-20(8-6-16)36-4-2/h5-8,11-13H,3-4,9-10,14-15H2,1-2H3,(H3,27,28,29)(H,30,31,34). The first-order chi connectivity index (χ1) is 17.3. The molecule has 0 fully saturated rings. The summed E-state index contributed by atoms with van der Waals surface area (Å²) in [7, 11) is 0. The molecule has 36 heavy (non-hydrogen) atoms. The molecule has 0 saturated carbocycles. The second-order valence-electron chi connectivity index (χ2n) is 7.75. The molecule has 192 valence electrons. The second kappa shape index (κ2) is 13.0. The lowest BCUT2D eigenvalue weighted by Crippen LogP contribution is -2.43. The third-order valence-electron chi connectivity index (χ3n) is 5.02. The third kappa shape index (κ3) is 7.50. The van der Waals surface area contributed by atoms with Crippen LogP contribution in [0.1, 0.15) is 25.0 Å². The van der Waals surface area contributed by atoms with Crippen LogP contribution >= 0.6 is 23.2 Å². The van der Waals surface area contributed by atoms with E-state index >= 15 is 0 Å². The van der Waals surface area contributed by atoms with Gasteiger partial charge in [-0.1, -0.05) is 35.3 Å². The van der Waals surface area contributed by atoms with Gasteiger partial charge in [0, 0.05) is 23.1 Å². The number of rotatable bonds is 11. The van der Waals surface area contributed by atoms with Gasteiger partial charge in [0.05, 0.1) is 26.2 Å². The smallest absolute Gasteiger partial charge is 0.355 e. The maximum absolute atomic E-state index is 13.5. The summed E-state index contributed by atoms with van der Waals surface area (Å²) < 4.78 is 7.94. The van der Waals surface area contributed by atoms with Gasteiger partial charge in [-0.3, -0.25) is 9.56 Å². The van der Waals surface area contributed by atoms with Crippen LogP contribution in [-0.2, 0) is 13.1 Å². The van der Waals surface area contributed by atoms with E-state index in [1.807, 2.05) is 38.1 Å². The molecule has 0 atom stereocenters. The number of aromatic nitrogens is 3.